The van der Waals surface area contributed by atoms with E-state index in [-0.39, 0.29) is 9.79 Å². The number of benzene rings is 4. The number of sulfone groups is 1. The van der Waals surface area contributed by atoms with Gasteiger partial charge in [0.05, 0.1) is 16.9 Å². The average molecular weight is 404 g/mol. The number of rotatable bonds is 5. The summed E-state index contributed by atoms with van der Waals surface area (Å²) in [6.45, 7) is 2.06. The van der Waals surface area contributed by atoms with Crippen LogP contribution in [0.4, 0.5) is 0 Å². The van der Waals surface area contributed by atoms with Crippen molar-refractivity contribution in [3.8, 4) is 17.2 Å². The van der Waals surface area contributed by atoms with Crippen LogP contribution in [-0.2, 0) is 9.84 Å². The fourth-order valence-corrected chi connectivity index (χ4v) is 4.38. The molecule has 0 amide bonds. The first-order valence-electron chi connectivity index (χ1n) is 9.13. The molecule has 5 heteroatoms. The van der Waals surface area contributed by atoms with E-state index in [2.05, 4.69) is 25.1 Å². The van der Waals surface area contributed by atoms with Crippen molar-refractivity contribution >= 4 is 20.6 Å². The zero-order valence-electron chi connectivity index (χ0n) is 16.1. The third-order valence-electron chi connectivity index (χ3n) is 4.71. The minimum absolute atomic E-state index is 0.212. The Morgan fingerprint density at radius 2 is 1.14 bits per heavy atom. The SMILES string of the molecule is COc1ccc(S(=O)(=O)c2ccc(Oc3ccc4cc(C)ccc4c3)cc2)cc1. The van der Waals surface area contributed by atoms with Gasteiger partial charge in [0.2, 0.25) is 9.84 Å². The summed E-state index contributed by atoms with van der Waals surface area (Å²) in [6.07, 6.45) is 0. The molecule has 0 atom stereocenters. The summed E-state index contributed by atoms with van der Waals surface area (Å²) in [7, 11) is -2.06. The van der Waals surface area contributed by atoms with Crippen molar-refractivity contribution < 1.29 is 17.9 Å². The van der Waals surface area contributed by atoms with Gasteiger partial charge in [-0.1, -0.05) is 29.8 Å². The van der Waals surface area contributed by atoms with Crippen LogP contribution in [0.2, 0.25) is 0 Å². The van der Waals surface area contributed by atoms with E-state index >= 15 is 0 Å². The van der Waals surface area contributed by atoms with Crippen LogP contribution in [0.15, 0.2) is 94.7 Å². The van der Waals surface area contributed by atoms with E-state index in [1.807, 2.05) is 18.2 Å². The Morgan fingerprint density at radius 1 is 0.621 bits per heavy atom. The van der Waals surface area contributed by atoms with Crippen LogP contribution >= 0.6 is 0 Å². The van der Waals surface area contributed by atoms with Crippen LogP contribution in [0, 0.1) is 6.92 Å². The first kappa shape index (κ1) is 19.0. The molecular weight excluding hydrogens is 384 g/mol. The molecule has 0 spiro atoms. The van der Waals surface area contributed by atoms with Gasteiger partial charge in [-0.2, -0.15) is 0 Å². The quantitative estimate of drug-likeness (QED) is 0.423. The van der Waals surface area contributed by atoms with E-state index in [4.69, 9.17) is 9.47 Å². The van der Waals surface area contributed by atoms with Crippen LogP contribution in [0.3, 0.4) is 0 Å². The Labute approximate surface area is 170 Å². The molecule has 0 fully saturated rings. The monoisotopic (exact) mass is 404 g/mol. The van der Waals surface area contributed by atoms with E-state index in [9.17, 15) is 8.42 Å². The summed E-state index contributed by atoms with van der Waals surface area (Å²) in [6, 6.07) is 24.9. The molecule has 0 saturated heterocycles. The molecule has 29 heavy (non-hydrogen) atoms. The predicted molar refractivity (Wildman–Crippen MR) is 114 cm³/mol. The number of ether oxygens (including phenoxy) is 2. The fraction of sp³-hybridized carbons (Fsp3) is 0.0833. The number of methoxy groups -OCH3 is 1. The standard InChI is InChI=1S/C24H20O4S/c1-17-3-4-19-16-22(6-5-18(19)15-17)28-21-9-13-24(14-10-21)29(25,26)23-11-7-20(27-2)8-12-23/h3-16H,1-2H3. The lowest BCUT2D eigenvalue weighted by molar-refractivity contribution is 0.414. The van der Waals surface area contributed by atoms with Crippen molar-refractivity contribution in [1.82, 2.24) is 0 Å². The highest BCUT2D eigenvalue weighted by atomic mass is 32.2. The molecule has 0 unspecified atom stereocenters. The summed E-state index contributed by atoms with van der Waals surface area (Å²) in [4.78, 5) is 0.431. The molecule has 0 aliphatic heterocycles. The van der Waals surface area contributed by atoms with Crippen molar-refractivity contribution in [3.63, 3.8) is 0 Å². The Bertz CT molecular complexity index is 1260. The maximum absolute atomic E-state index is 12.8. The molecule has 0 N–H and O–H groups in total. The van der Waals surface area contributed by atoms with Gasteiger partial charge in [0.15, 0.2) is 0 Å². The van der Waals surface area contributed by atoms with Crippen molar-refractivity contribution in [3.05, 3.63) is 90.5 Å². The molecule has 4 nitrogen and oxygen atoms in total. The van der Waals surface area contributed by atoms with Gasteiger partial charge >= 0.3 is 0 Å². The highest BCUT2D eigenvalue weighted by Crippen LogP contribution is 2.29. The molecule has 146 valence electrons. The van der Waals surface area contributed by atoms with Crippen LogP contribution in [0.1, 0.15) is 5.56 Å². The summed E-state index contributed by atoms with van der Waals surface area (Å²) in [5.74, 6) is 1.88. The zero-order chi connectivity index (χ0) is 20.4. The molecule has 0 radical (unpaired) electrons. The van der Waals surface area contributed by atoms with Gasteiger partial charge in [-0.3, -0.25) is 0 Å². The molecule has 4 aromatic carbocycles. The lowest BCUT2D eigenvalue weighted by Gasteiger charge is -2.09. The van der Waals surface area contributed by atoms with Gasteiger partial charge in [0, 0.05) is 0 Å². The van der Waals surface area contributed by atoms with E-state index in [0.29, 0.717) is 17.2 Å². The van der Waals surface area contributed by atoms with Gasteiger partial charge in [0.25, 0.3) is 0 Å². The van der Waals surface area contributed by atoms with E-state index < -0.39 is 9.84 Å². The normalized spacial score (nSPS) is 11.4. The summed E-state index contributed by atoms with van der Waals surface area (Å²) >= 11 is 0. The van der Waals surface area contributed by atoms with Gasteiger partial charge in [-0.25, -0.2) is 8.42 Å². The van der Waals surface area contributed by atoms with Crippen LogP contribution < -0.4 is 9.47 Å². The number of fused-ring (bicyclic) bond motifs is 1. The third-order valence-corrected chi connectivity index (χ3v) is 6.49. The maximum atomic E-state index is 12.8. The minimum Gasteiger partial charge on any atom is -0.497 e. The largest absolute Gasteiger partial charge is 0.497 e. The lowest BCUT2D eigenvalue weighted by atomic mass is 10.1. The number of aryl methyl sites for hydroxylation is 1. The molecule has 4 rings (SSSR count). The average Bonchev–Trinajstić information content (AvgIpc) is 2.74. The second kappa shape index (κ2) is 7.60. The Hall–Kier alpha value is -3.31. The van der Waals surface area contributed by atoms with Crippen molar-refractivity contribution in [1.29, 1.82) is 0 Å². The Balaban J connectivity index is 1.56. The topological polar surface area (TPSA) is 52.6 Å². The van der Waals surface area contributed by atoms with Gasteiger partial charge < -0.3 is 9.47 Å². The second-order valence-electron chi connectivity index (χ2n) is 6.76. The third kappa shape index (κ3) is 3.96. The van der Waals surface area contributed by atoms with Gasteiger partial charge in [0.1, 0.15) is 17.2 Å². The minimum atomic E-state index is -3.60. The van der Waals surface area contributed by atoms with Crippen LogP contribution in [0.5, 0.6) is 17.2 Å². The lowest BCUT2D eigenvalue weighted by Crippen LogP contribution is -2.01. The first-order valence-corrected chi connectivity index (χ1v) is 10.6. The van der Waals surface area contributed by atoms with E-state index in [1.165, 1.54) is 17.7 Å². The molecule has 0 bridgehead atoms. The maximum Gasteiger partial charge on any atom is 0.206 e. The van der Waals surface area contributed by atoms with Crippen LogP contribution in [0.25, 0.3) is 10.8 Å². The highest BCUT2D eigenvalue weighted by Gasteiger charge is 2.17. The molecule has 0 heterocycles. The molecule has 0 saturated carbocycles. The summed E-state index contributed by atoms with van der Waals surface area (Å²) < 4.78 is 36.6. The molecule has 0 aliphatic rings. The van der Waals surface area contributed by atoms with Crippen molar-refractivity contribution in [2.75, 3.05) is 7.11 Å². The summed E-state index contributed by atoms with van der Waals surface area (Å²) in [5.41, 5.74) is 1.21. The number of hydrogen-bond donors (Lipinski definition) is 0. The van der Waals surface area contributed by atoms with Crippen molar-refractivity contribution in [2.45, 2.75) is 16.7 Å². The van der Waals surface area contributed by atoms with Gasteiger partial charge in [-0.15, -0.1) is 0 Å². The second-order valence-corrected chi connectivity index (χ2v) is 8.71. The predicted octanol–water partition coefficient (Wildman–Crippen LogP) is 5.78. The fourth-order valence-electron chi connectivity index (χ4n) is 3.12. The van der Waals surface area contributed by atoms with Gasteiger partial charge in [-0.05, 0) is 78.4 Å². The van der Waals surface area contributed by atoms with Crippen LogP contribution in [-0.4, -0.2) is 15.5 Å². The molecule has 4 aromatic rings. The summed E-state index contributed by atoms with van der Waals surface area (Å²) in [5, 5.41) is 2.24. The Kier molecular flexibility index (Phi) is 4.99. The smallest absolute Gasteiger partial charge is 0.206 e. The Morgan fingerprint density at radius 3 is 1.76 bits per heavy atom. The zero-order valence-corrected chi connectivity index (χ0v) is 16.9. The number of hydrogen-bond acceptors (Lipinski definition) is 4. The molecule has 0 aromatic heterocycles. The highest BCUT2D eigenvalue weighted by molar-refractivity contribution is 7.91. The van der Waals surface area contributed by atoms with E-state index in [1.54, 1.807) is 43.5 Å². The first-order chi connectivity index (χ1) is 14.0. The molecular formula is C24H20O4S. The molecule has 0 aliphatic carbocycles. The van der Waals surface area contributed by atoms with Crippen molar-refractivity contribution in [2.24, 2.45) is 0 Å². The van der Waals surface area contributed by atoms with E-state index in [0.717, 1.165) is 10.8 Å².